The van der Waals surface area contributed by atoms with Crippen LogP contribution in [-0.4, -0.2) is 28.2 Å². The summed E-state index contributed by atoms with van der Waals surface area (Å²) in [6.45, 7) is 0.0584. The van der Waals surface area contributed by atoms with Gasteiger partial charge in [0.25, 0.3) is 15.9 Å². The second kappa shape index (κ2) is 6.21. The molecule has 0 fully saturated rings. The summed E-state index contributed by atoms with van der Waals surface area (Å²) in [5.74, 6) is 0.565. The van der Waals surface area contributed by atoms with Crippen LogP contribution in [-0.2, 0) is 10.0 Å². The van der Waals surface area contributed by atoms with Crippen LogP contribution in [0.1, 0.15) is 10.4 Å². The lowest BCUT2D eigenvalue weighted by Crippen LogP contribution is -2.18. The van der Waals surface area contributed by atoms with E-state index in [0.717, 1.165) is 0 Å². The van der Waals surface area contributed by atoms with Crippen LogP contribution in [0.2, 0.25) is 5.02 Å². The number of ether oxygens (including phenoxy) is 2. The first-order valence-electron chi connectivity index (χ1n) is 6.85. The van der Waals surface area contributed by atoms with E-state index < -0.39 is 10.0 Å². The summed E-state index contributed by atoms with van der Waals surface area (Å²) in [4.78, 5) is 11.5. The first-order valence-corrected chi connectivity index (χ1v) is 8.71. The van der Waals surface area contributed by atoms with Gasteiger partial charge in [-0.2, -0.15) is 0 Å². The summed E-state index contributed by atoms with van der Waals surface area (Å²) < 4.78 is 37.7. The fraction of sp³-hybridized carbons (Fsp3) is 0.133. The van der Waals surface area contributed by atoms with Crippen LogP contribution in [0, 0.1) is 0 Å². The van der Waals surface area contributed by atoms with Crippen molar-refractivity contribution < 1.29 is 22.7 Å². The van der Waals surface area contributed by atoms with Crippen molar-refractivity contribution in [2.45, 2.75) is 4.90 Å². The highest BCUT2D eigenvalue weighted by Gasteiger charge is 2.21. The average molecular weight is 369 g/mol. The zero-order chi connectivity index (χ0) is 17.3. The molecule has 0 aliphatic carbocycles. The van der Waals surface area contributed by atoms with Gasteiger partial charge in [-0.3, -0.25) is 9.52 Å². The smallest absolute Gasteiger partial charge is 0.261 e. The Morgan fingerprint density at radius 1 is 1.12 bits per heavy atom. The van der Waals surface area contributed by atoms with E-state index in [2.05, 4.69) is 10.0 Å². The van der Waals surface area contributed by atoms with Gasteiger partial charge < -0.3 is 14.8 Å². The van der Waals surface area contributed by atoms with Crippen LogP contribution in [0.5, 0.6) is 11.5 Å². The fourth-order valence-corrected chi connectivity index (χ4v) is 3.46. The van der Waals surface area contributed by atoms with Gasteiger partial charge in [0.15, 0.2) is 11.5 Å². The SMILES string of the molecule is CNC(=O)c1ccc(S(=O)(=O)Nc2cc3c(cc2Cl)OCO3)cc1. The maximum absolute atomic E-state index is 12.5. The summed E-state index contributed by atoms with van der Waals surface area (Å²) >= 11 is 6.07. The number of carbonyl (C=O) groups excluding carboxylic acids is 1. The predicted octanol–water partition coefficient (Wildman–Crippen LogP) is 2.23. The Labute approximate surface area is 143 Å². The molecule has 0 aromatic heterocycles. The van der Waals surface area contributed by atoms with Crippen LogP contribution in [0.4, 0.5) is 5.69 Å². The van der Waals surface area contributed by atoms with Crippen LogP contribution in [0.3, 0.4) is 0 Å². The number of rotatable bonds is 4. The Bertz CT molecular complexity index is 897. The summed E-state index contributed by atoms with van der Waals surface area (Å²) in [5, 5.41) is 2.65. The van der Waals surface area contributed by atoms with Crippen molar-refractivity contribution in [3.63, 3.8) is 0 Å². The summed E-state index contributed by atoms with van der Waals surface area (Å²) in [7, 11) is -2.37. The maximum atomic E-state index is 12.5. The molecule has 0 saturated heterocycles. The Morgan fingerprint density at radius 2 is 1.75 bits per heavy atom. The van der Waals surface area contributed by atoms with E-state index in [9.17, 15) is 13.2 Å². The van der Waals surface area contributed by atoms with Crippen LogP contribution in [0.15, 0.2) is 41.3 Å². The van der Waals surface area contributed by atoms with E-state index in [1.54, 1.807) is 0 Å². The van der Waals surface area contributed by atoms with Gasteiger partial charge in [0, 0.05) is 24.7 Å². The monoisotopic (exact) mass is 368 g/mol. The van der Waals surface area contributed by atoms with E-state index in [4.69, 9.17) is 21.1 Å². The number of amides is 1. The molecule has 1 amide bonds. The molecule has 0 saturated carbocycles. The molecule has 1 aliphatic heterocycles. The van der Waals surface area contributed by atoms with E-state index >= 15 is 0 Å². The Balaban J connectivity index is 1.88. The fourth-order valence-electron chi connectivity index (χ4n) is 2.13. The van der Waals surface area contributed by atoms with Gasteiger partial charge in [0.2, 0.25) is 6.79 Å². The van der Waals surface area contributed by atoms with Gasteiger partial charge in [0.05, 0.1) is 15.6 Å². The number of anilines is 1. The van der Waals surface area contributed by atoms with Crippen LogP contribution in [0.25, 0.3) is 0 Å². The largest absolute Gasteiger partial charge is 0.454 e. The third-order valence-corrected chi connectivity index (χ3v) is 5.05. The molecule has 1 heterocycles. The van der Waals surface area contributed by atoms with E-state index in [1.165, 1.54) is 43.4 Å². The minimum absolute atomic E-state index is 0.00360. The van der Waals surface area contributed by atoms with Gasteiger partial charge >= 0.3 is 0 Å². The third-order valence-electron chi connectivity index (χ3n) is 3.36. The number of fused-ring (bicyclic) bond motifs is 1. The number of benzene rings is 2. The normalized spacial score (nSPS) is 12.8. The molecule has 0 radical (unpaired) electrons. The quantitative estimate of drug-likeness (QED) is 0.863. The van der Waals surface area contributed by atoms with Gasteiger partial charge in [0.1, 0.15) is 0 Å². The molecule has 2 aromatic carbocycles. The molecule has 0 unspecified atom stereocenters. The van der Waals surface area contributed by atoms with Crippen LogP contribution < -0.4 is 19.5 Å². The van der Waals surface area contributed by atoms with Gasteiger partial charge in [-0.25, -0.2) is 8.42 Å². The van der Waals surface area contributed by atoms with Crippen molar-refractivity contribution in [3.05, 3.63) is 47.0 Å². The summed E-state index contributed by atoms with van der Waals surface area (Å²) in [6, 6.07) is 8.47. The average Bonchev–Trinajstić information content (AvgIpc) is 3.01. The molecule has 3 rings (SSSR count). The topological polar surface area (TPSA) is 93.7 Å². The number of sulfonamides is 1. The van der Waals surface area contributed by atoms with E-state index in [0.29, 0.717) is 17.1 Å². The van der Waals surface area contributed by atoms with Gasteiger partial charge in [-0.15, -0.1) is 0 Å². The second-order valence-electron chi connectivity index (χ2n) is 4.89. The molecule has 2 N–H and O–H groups in total. The molecule has 126 valence electrons. The Hall–Kier alpha value is -2.45. The summed E-state index contributed by atoms with van der Waals surface area (Å²) in [5.41, 5.74) is 0.536. The molecule has 1 aliphatic rings. The minimum atomic E-state index is -3.86. The lowest BCUT2D eigenvalue weighted by molar-refractivity contribution is 0.0963. The molecule has 0 spiro atoms. The standard InChI is InChI=1S/C15H13ClN2O5S/c1-17-15(19)9-2-4-10(5-3-9)24(20,21)18-12-7-14-13(6-11(12)16)22-8-23-14/h2-7,18H,8H2,1H3,(H,17,19). The molecular formula is C15H13ClN2O5S. The van der Waals surface area contributed by atoms with Gasteiger partial charge in [-0.1, -0.05) is 11.6 Å². The molecule has 7 nitrogen and oxygen atoms in total. The number of carbonyl (C=O) groups is 1. The van der Waals surface area contributed by atoms with E-state index in [1.807, 2.05) is 0 Å². The highest BCUT2D eigenvalue weighted by molar-refractivity contribution is 7.92. The minimum Gasteiger partial charge on any atom is -0.454 e. The molecule has 9 heteroatoms. The lowest BCUT2D eigenvalue weighted by atomic mass is 10.2. The predicted molar refractivity (Wildman–Crippen MR) is 88.2 cm³/mol. The lowest BCUT2D eigenvalue weighted by Gasteiger charge is -2.11. The van der Waals surface area contributed by atoms with Crippen molar-refractivity contribution in [1.29, 1.82) is 0 Å². The number of hydrogen-bond donors (Lipinski definition) is 2. The Kier molecular flexibility index (Phi) is 4.25. The zero-order valence-electron chi connectivity index (χ0n) is 12.5. The van der Waals surface area contributed by atoms with Crippen molar-refractivity contribution in [3.8, 4) is 11.5 Å². The molecule has 0 atom stereocenters. The van der Waals surface area contributed by atoms with Crippen molar-refractivity contribution in [1.82, 2.24) is 5.32 Å². The second-order valence-corrected chi connectivity index (χ2v) is 6.98. The molecular weight excluding hydrogens is 356 g/mol. The van der Waals surface area contributed by atoms with Crippen molar-refractivity contribution in [2.24, 2.45) is 0 Å². The van der Waals surface area contributed by atoms with Crippen molar-refractivity contribution in [2.75, 3.05) is 18.6 Å². The Morgan fingerprint density at radius 3 is 2.38 bits per heavy atom. The first-order chi connectivity index (χ1) is 11.4. The maximum Gasteiger partial charge on any atom is 0.261 e. The molecule has 0 bridgehead atoms. The van der Waals surface area contributed by atoms with Gasteiger partial charge in [-0.05, 0) is 24.3 Å². The van der Waals surface area contributed by atoms with E-state index in [-0.39, 0.29) is 28.3 Å². The highest BCUT2D eigenvalue weighted by Crippen LogP contribution is 2.39. The molecule has 2 aromatic rings. The number of nitrogens with one attached hydrogen (secondary N) is 2. The van der Waals surface area contributed by atoms with Crippen LogP contribution >= 0.6 is 11.6 Å². The van der Waals surface area contributed by atoms with Crippen molar-refractivity contribution >= 4 is 33.2 Å². The first kappa shape index (κ1) is 16.4. The summed E-state index contributed by atoms with van der Waals surface area (Å²) in [6.07, 6.45) is 0. The molecule has 24 heavy (non-hydrogen) atoms. The third kappa shape index (κ3) is 3.10. The highest BCUT2D eigenvalue weighted by atomic mass is 35.5. The number of halogens is 1. The zero-order valence-corrected chi connectivity index (χ0v) is 14.1. The number of hydrogen-bond acceptors (Lipinski definition) is 5.